The second-order valence-electron chi connectivity index (χ2n) is 5.28. The lowest BCUT2D eigenvalue weighted by atomic mass is 10.2. The summed E-state index contributed by atoms with van der Waals surface area (Å²) in [5, 5.41) is 4.24. The lowest BCUT2D eigenvalue weighted by Gasteiger charge is -2.07. The maximum atomic E-state index is 12.2. The minimum atomic E-state index is -3.88. The van der Waals surface area contributed by atoms with Crippen LogP contribution in [0.3, 0.4) is 0 Å². The van der Waals surface area contributed by atoms with Gasteiger partial charge in [0.05, 0.1) is 10.6 Å². The van der Waals surface area contributed by atoms with E-state index >= 15 is 0 Å². The predicted molar refractivity (Wildman–Crippen MR) is 88.2 cm³/mol. The van der Waals surface area contributed by atoms with Crippen LogP contribution in [0, 0.1) is 20.8 Å². The fourth-order valence-electron chi connectivity index (χ4n) is 2.27. The highest BCUT2D eigenvalue weighted by Gasteiger charge is 2.18. The fourth-order valence-corrected chi connectivity index (χ4v) is 3.46. The number of hydrogen-bond donors (Lipinski definition) is 1. The van der Waals surface area contributed by atoms with Crippen LogP contribution in [-0.2, 0) is 21.9 Å². The lowest BCUT2D eigenvalue weighted by Crippen LogP contribution is -2.29. The Morgan fingerprint density at radius 1 is 1.22 bits per heavy atom. The first-order valence-electron chi connectivity index (χ1n) is 7.03. The Morgan fingerprint density at radius 3 is 2.43 bits per heavy atom. The molecule has 0 saturated carbocycles. The molecule has 0 radical (unpaired) electrons. The largest absolute Gasteiger partial charge is 0.272 e. The molecule has 0 saturated heterocycles. The van der Waals surface area contributed by atoms with Gasteiger partial charge in [-0.25, -0.2) is 13.1 Å². The summed E-state index contributed by atoms with van der Waals surface area (Å²) < 4.78 is 28.2. The molecule has 0 unspecified atom stereocenters. The van der Waals surface area contributed by atoms with Crippen LogP contribution in [0.15, 0.2) is 35.2 Å². The topological polar surface area (TPSA) is 81.1 Å². The molecule has 1 aromatic carbocycles. The van der Waals surface area contributed by atoms with E-state index in [1.54, 1.807) is 35.9 Å². The molecule has 2 aromatic rings. The molecule has 0 aliphatic carbocycles. The molecule has 1 heterocycles. The normalized spacial score (nSPS) is 11.8. The molecule has 0 atom stereocenters. The smallest absolute Gasteiger partial charge is 0.264 e. The molecule has 2 rings (SSSR count). The van der Waals surface area contributed by atoms with Crippen LogP contribution in [0.5, 0.6) is 0 Å². The number of rotatable bonds is 4. The maximum absolute atomic E-state index is 12.2. The molecule has 1 N–H and O–H groups in total. The molecule has 23 heavy (non-hydrogen) atoms. The number of sulfonamides is 1. The van der Waals surface area contributed by atoms with E-state index in [0.717, 1.165) is 17.0 Å². The summed E-state index contributed by atoms with van der Waals surface area (Å²) in [6.07, 6.45) is 2.77. The molecular weight excluding hydrogens is 314 g/mol. The third-order valence-electron chi connectivity index (χ3n) is 3.58. The Bertz CT molecular complexity index is 880. The van der Waals surface area contributed by atoms with Crippen molar-refractivity contribution >= 4 is 22.0 Å². The van der Waals surface area contributed by atoms with Crippen LogP contribution in [-0.4, -0.2) is 24.1 Å². The Hall–Kier alpha value is -2.41. The van der Waals surface area contributed by atoms with Gasteiger partial charge in [0.15, 0.2) is 0 Å². The van der Waals surface area contributed by atoms with Gasteiger partial charge in [0.25, 0.3) is 15.9 Å². The maximum Gasteiger partial charge on any atom is 0.264 e. The van der Waals surface area contributed by atoms with Crippen molar-refractivity contribution in [2.75, 3.05) is 0 Å². The van der Waals surface area contributed by atoms with E-state index in [0.29, 0.717) is 5.56 Å². The van der Waals surface area contributed by atoms with Gasteiger partial charge in [-0.05, 0) is 38.5 Å². The van der Waals surface area contributed by atoms with Gasteiger partial charge >= 0.3 is 0 Å². The van der Waals surface area contributed by atoms with Crippen molar-refractivity contribution in [3.05, 3.63) is 52.9 Å². The standard InChI is InChI=1S/C16H19N3O3S/c1-11-7-5-6-8-15(11)23(21,22)18-16(20)10-9-14-12(2)17-19(4)13(14)3/h5-10H,1-4H3,(H,18,20). The first-order chi connectivity index (χ1) is 10.7. The zero-order chi connectivity index (χ0) is 17.2. The highest BCUT2D eigenvalue weighted by atomic mass is 32.2. The average Bonchev–Trinajstić information content (AvgIpc) is 2.70. The minimum Gasteiger partial charge on any atom is -0.272 e. The van der Waals surface area contributed by atoms with Crippen LogP contribution in [0.2, 0.25) is 0 Å². The summed E-state index contributed by atoms with van der Waals surface area (Å²) in [6, 6.07) is 6.50. The van der Waals surface area contributed by atoms with Gasteiger partial charge in [-0.3, -0.25) is 9.48 Å². The summed E-state index contributed by atoms with van der Waals surface area (Å²) >= 11 is 0. The fraction of sp³-hybridized carbons (Fsp3) is 0.250. The summed E-state index contributed by atoms with van der Waals surface area (Å²) in [5.41, 5.74) is 3.05. The minimum absolute atomic E-state index is 0.0930. The van der Waals surface area contributed by atoms with Crippen molar-refractivity contribution in [2.45, 2.75) is 25.7 Å². The van der Waals surface area contributed by atoms with E-state index in [9.17, 15) is 13.2 Å². The molecule has 7 heteroatoms. The number of hydrogen-bond acceptors (Lipinski definition) is 4. The number of amides is 1. The number of nitrogens with one attached hydrogen (secondary N) is 1. The highest BCUT2D eigenvalue weighted by molar-refractivity contribution is 7.90. The zero-order valence-corrected chi connectivity index (χ0v) is 14.3. The Morgan fingerprint density at radius 2 is 1.87 bits per heavy atom. The third kappa shape index (κ3) is 3.68. The molecule has 6 nitrogen and oxygen atoms in total. The third-order valence-corrected chi connectivity index (χ3v) is 5.09. The van der Waals surface area contributed by atoms with E-state index in [2.05, 4.69) is 5.10 Å². The highest BCUT2D eigenvalue weighted by Crippen LogP contribution is 2.15. The first kappa shape index (κ1) is 17.0. The molecule has 1 amide bonds. The average molecular weight is 333 g/mol. The van der Waals surface area contributed by atoms with Gasteiger partial charge in [-0.2, -0.15) is 5.10 Å². The van der Waals surface area contributed by atoms with Crippen molar-refractivity contribution in [1.29, 1.82) is 0 Å². The predicted octanol–water partition coefficient (Wildman–Crippen LogP) is 1.86. The van der Waals surface area contributed by atoms with Crippen LogP contribution in [0.25, 0.3) is 6.08 Å². The van der Waals surface area contributed by atoms with Crippen molar-refractivity contribution in [2.24, 2.45) is 7.05 Å². The van der Waals surface area contributed by atoms with Crippen molar-refractivity contribution < 1.29 is 13.2 Å². The Kier molecular flexibility index (Phi) is 4.70. The van der Waals surface area contributed by atoms with E-state index < -0.39 is 15.9 Å². The zero-order valence-electron chi connectivity index (χ0n) is 13.5. The quantitative estimate of drug-likeness (QED) is 0.866. The molecule has 0 aliphatic rings. The molecule has 0 spiro atoms. The van der Waals surface area contributed by atoms with Crippen molar-refractivity contribution in [1.82, 2.24) is 14.5 Å². The molecule has 122 valence electrons. The number of carbonyl (C=O) groups is 1. The number of nitrogens with zero attached hydrogens (tertiary/aromatic N) is 2. The van der Waals surface area contributed by atoms with E-state index in [4.69, 9.17) is 0 Å². The van der Waals surface area contributed by atoms with Crippen LogP contribution in [0.1, 0.15) is 22.5 Å². The number of benzene rings is 1. The van der Waals surface area contributed by atoms with Crippen molar-refractivity contribution in [3.8, 4) is 0 Å². The van der Waals surface area contributed by atoms with Crippen LogP contribution >= 0.6 is 0 Å². The first-order valence-corrected chi connectivity index (χ1v) is 8.51. The second kappa shape index (κ2) is 6.37. The second-order valence-corrected chi connectivity index (χ2v) is 6.93. The van der Waals surface area contributed by atoms with Gasteiger partial charge in [0, 0.05) is 24.4 Å². The van der Waals surface area contributed by atoms with Crippen LogP contribution < -0.4 is 4.72 Å². The summed E-state index contributed by atoms with van der Waals surface area (Å²) in [6.45, 7) is 5.38. The lowest BCUT2D eigenvalue weighted by molar-refractivity contribution is -0.114. The number of aryl methyl sites for hydroxylation is 3. The van der Waals surface area contributed by atoms with Gasteiger partial charge in [-0.1, -0.05) is 18.2 Å². The van der Waals surface area contributed by atoms with E-state index in [1.807, 2.05) is 25.6 Å². The monoisotopic (exact) mass is 333 g/mol. The number of aromatic nitrogens is 2. The van der Waals surface area contributed by atoms with Gasteiger partial charge in [-0.15, -0.1) is 0 Å². The van der Waals surface area contributed by atoms with Gasteiger partial charge < -0.3 is 0 Å². The van der Waals surface area contributed by atoms with Gasteiger partial charge in [0.1, 0.15) is 0 Å². The Balaban J connectivity index is 2.19. The molecule has 1 aromatic heterocycles. The summed E-state index contributed by atoms with van der Waals surface area (Å²) in [5.74, 6) is -0.698. The summed E-state index contributed by atoms with van der Waals surface area (Å²) in [4.78, 5) is 12.0. The molecule has 0 aliphatic heterocycles. The summed E-state index contributed by atoms with van der Waals surface area (Å²) in [7, 11) is -2.07. The molecule has 0 bridgehead atoms. The van der Waals surface area contributed by atoms with Gasteiger partial charge in [0.2, 0.25) is 0 Å². The molecular formula is C16H19N3O3S. The molecule has 0 fully saturated rings. The SMILES string of the molecule is Cc1ccccc1S(=O)(=O)NC(=O)C=Cc1c(C)nn(C)c1C. The number of carbonyl (C=O) groups excluding carboxylic acids is 1. The van der Waals surface area contributed by atoms with Crippen molar-refractivity contribution in [3.63, 3.8) is 0 Å². The van der Waals surface area contributed by atoms with E-state index in [-0.39, 0.29) is 4.90 Å². The van der Waals surface area contributed by atoms with E-state index in [1.165, 1.54) is 12.1 Å². The van der Waals surface area contributed by atoms with Crippen LogP contribution in [0.4, 0.5) is 0 Å². The Labute approximate surface area is 135 Å².